The maximum atomic E-state index is 12.2. The van der Waals surface area contributed by atoms with Crippen molar-refractivity contribution in [1.29, 1.82) is 0 Å². The number of anilines is 1. The molecule has 1 fully saturated rings. The summed E-state index contributed by atoms with van der Waals surface area (Å²) in [6.45, 7) is 3.85. The minimum absolute atomic E-state index is 0.111. The molecule has 0 heterocycles. The molecule has 20 heavy (non-hydrogen) atoms. The first-order chi connectivity index (χ1) is 9.17. The van der Waals surface area contributed by atoms with Crippen LogP contribution in [0.25, 0.3) is 0 Å². The van der Waals surface area contributed by atoms with Gasteiger partial charge in [0, 0.05) is 12.1 Å². The first-order valence-corrected chi connectivity index (χ1v) is 7.43. The highest BCUT2D eigenvalue weighted by atomic mass is 32.2. The van der Waals surface area contributed by atoms with Gasteiger partial charge in [0.05, 0.1) is 10.6 Å². The topological polar surface area (TPSA) is 127 Å². The number of sulfonamides is 1. The third-order valence-corrected chi connectivity index (χ3v) is 4.94. The van der Waals surface area contributed by atoms with E-state index in [0.29, 0.717) is 6.42 Å². The zero-order valence-electron chi connectivity index (χ0n) is 11.1. The van der Waals surface area contributed by atoms with Crippen LogP contribution in [-0.4, -0.2) is 19.4 Å². The number of nitrogens with two attached hydrogens (primary N) is 1. The molecule has 9 heteroatoms. The van der Waals surface area contributed by atoms with Crippen molar-refractivity contribution >= 4 is 21.4 Å². The van der Waals surface area contributed by atoms with Gasteiger partial charge in [-0.3, -0.25) is 16.0 Å². The molecule has 0 spiro atoms. The largest absolute Gasteiger partial charge is 0.324 e. The summed E-state index contributed by atoms with van der Waals surface area (Å²) in [7, 11) is -3.93. The molecule has 4 N–H and O–H groups in total. The number of nitrogens with zero attached hydrogens (tertiary/aromatic N) is 1. The molecular weight excluding hydrogens is 284 g/mol. The molecule has 1 saturated carbocycles. The maximum Gasteiger partial charge on any atom is 0.291 e. The number of hydrogen-bond acceptors (Lipinski definition) is 6. The molecule has 8 nitrogen and oxygen atoms in total. The number of nitro groups is 1. The zero-order valence-corrected chi connectivity index (χ0v) is 11.9. The number of nitrogen functional groups attached to an aromatic ring is 1. The average Bonchev–Trinajstić information content (AvgIpc) is 2.94. The molecule has 0 aromatic heterocycles. The van der Waals surface area contributed by atoms with E-state index < -0.39 is 20.6 Å². The average molecular weight is 300 g/mol. The Balaban J connectivity index is 2.38. The zero-order chi connectivity index (χ0) is 15.1. The van der Waals surface area contributed by atoms with Crippen LogP contribution in [0.4, 0.5) is 11.4 Å². The van der Waals surface area contributed by atoms with Crippen LogP contribution in [0.2, 0.25) is 0 Å². The van der Waals surface area contributed by atoms with E-state index in [1.807, 2.05) is 13.8 Å². The SMILES string of the molecule is CC1(C)CC1NS(=O)(=O)c1ccc(NN)cc1[N+](=O)[O-]. The highest BCUT2D eigenvalue weighted by Gasteiger charge is 2.48. The highest BCUT2D eigenvalue weighted by molar-refractivity contribution is 7.89. The maximum absolute atomic E-state index is 12.2. The second kappa shape index (κ2) is 4.69. The highest BCUT2D eigenvalue weighted by Crippen LogP contribution is 2.45. The molecule has 0 saturated heterocycles. The number of hydrazine groups is 1. The molecule has 1 aliphatic rings. The Morgan fingerprint density at radius 3 is 2.50 bits per heavy atom. The van der Waals surface area contributed by atoms with Crippen LogP contribution in [-0.2, 0) is 10.0 Å². The summed E-state index contributed by atoms with van der Waals surface area (Å²) in [5, 5.41) is 11.0. The van der Waals surface area contributed by atoms with E-state index >= 15 is 0 Å². The van der Waals surface area contributed by atoms with Gasteiger partial charge in [-0.05, 0) is 24.0 Å². The molecule has 1 atom stereocenters. The second-order valence-electron chi connectivity index (χ2n) is 5.45. The summed E-state index contributed by atoms with van der Waals surface area (Å²) in [6, 6.07) is 3.44. The number of benzene rings is 1. The molecule has 110 valence electrons. The van der Waals surface area contributed by atoms with Gasteiger partial charge in [0.15, 0.2) is 4.90 Å². The summed E-state index contributed by atoms with van der Waals surface area (Å²) in [5.74, 6) is 5.17. The predicted octanol–water partition coefficient (Wildman–Crippen LogP) is 0.957. The molecule has 0 amide bonds. The van der Waals surface area contributed by atoms with Gasteiger partial charge in [-0.25, -0.2) is 13.1 Å². The summed E-state index contributed by atoms with van der Waals surface area (Å²) in [6.07, 6.45) is 0.711. The minimum Gasteiger partial charge on any atom is -0.324 e. The van der Waals surface area contributed by atoms with Gasteiger partial charge < -0.3 is 5.43 Å². The summed E-state index contributed by atoms with van der Waals surface area (Å²) >= 11 is 0. The summed E-state index contributed by atoms with van der Waals surface area (Å²) < 4.78 is 26.9. The molecule has 2 rings (SSSR count). The molecule has 1 aromatic rings. The number of hydrogen-bond donors (Lipinski definition) is 3. The van der Waals surface area contributed by atoms with Gasteiger partial charge in [-0.1, -0.05) is 13.8 Å². The normalized spacial score (nSPS) is 20.4. The number of nitro benzene ring substituents is 1. The Bertz CT molecular complexity index is 656. The Labute approximate surface area is 116 Å². The van der Waals surface area contributed by atoms with Crippen molar-refractivity contribution in [3.05, 3.63) is 28.3 Å². The van der Waals surface area contributed by atoms with E-state index in [-0.39, 0.29) is 22.0 Å². The first-order valence-electron chi connectivity index (χ1n) is 5.95. The van der Waals surface area contributed by atoms with Crippen LogP contribution in [0.3, 0.4) is 0 Å². The van der Waals surface area contributed by atoms with Crippen molar-refractivity contribution in [2.24, 2.45) is 11.3 Å². The second-order valence-corrected chi connectivity index (χ2v) is 7.13. The Kier molecular flexibility index (Phi) is 3.44. The Morgan fingerprint density at radius 2 is 2.05 bits per heavy atom. The fourth-order valence-electron chi connectivity index (χ4n) is 1.90. The number of rotatable bonds is 5. The summed E-state index contributed by atoms with van der Waals surface area (Å²) in [4.78, 5) is 9.91. The fraction of sp³-hybridized carbons (Fsp3) is 0.455. The number of nitrogens with one attached hydrogen (secondary N) is 2. The molecule has 0 bridgehead atoms. The predicted molar refractivity (Wildman–Crippen MR) is 73.4 cm³/mol. The Morgan fingerprint density at radius 1 is 1.45 bits per heavy atom. The van der Waals surface area contributed by atoms with Crippen LogP contribution in [0, 0.1) is 15.5 Å². The van der Waals surface area contributed by atoms with Crippen LogP contribution in [0.15, 0.2) is 23.1 Å². The van der Waals surface area contributed by atoms with Gasteiger partial charge >= 0.3 is 0 Å². The standard InChI is InChI=1S/C11H16N4O4S/c1-11(2)6-10(11)14-20(18,19)9-4-3-7(13-12)5-8(9)15(16)17/h3-5,10,13-14H,6,12H2,1-2H3. The molecule has 0 aliphatic heterocycles. The molecule has 1 aliphatic carbocycles. The van der Waals surface area contributed by atoms with E-state index in [1.165, 1.54) is 12.1 Å². The van der Waals surface area contributed by atoms with Crippen molar-refractivity contribution in [2.75, 3.05) is 5.43 Å². The van der Waals surface area contributed by atoms with Crippen LogP contribution < -0.4 is 16.0 Å². The van der Waals surface area contributed by atoms with Crippen LogP contribution in [0.5, 0.6) is 0 Å². The van der Waals surface area contributed by atoms with Crippen LogP contribution >= 0.6 is 0 Å². The van der Waals surface area contributed by atoms with Gasteiger partial charge in [0.1, 0.15) is 0 Å². The first kappa shape index (κ1) is 14.7. The quantitative estimate of drug-likeness (QED) is 0.422. The third kappa shape index (κ3) is 2.74. The smallest absolute Gasteiger partial charge is 0.291 e. The van der Waals surface area contributed by atoms with Gasteiger partial charge in [0.25, 0.3) is 5.69 Å². The third-order valence-electron chi connectivity index (χ3n) is 3.42. The van der Waals surface area contributed by atoms with E-state index in [4.69, 9.17) is 5.84 Å². The van der Waals surface area contributed by atoms with Gasteiger partial charge in [-0.2, -0.15) is 0 Å². The fourth-order valence-corrected chi connectivity index (χ4v) is 3.46. The van der Waals surface area contributed by atoms with Crippen molar-refractivity contribution in [3.8, 4) is 0 Å². The monoisotopic (exact) mass is 300 g/mol. The minimum atomic E-state index is -3.93. The molecule has 1 unspecified atom stereocenters. The van der Waals surface area contributed by atoms with Crippen LogP contribution in [0.1, 0.15) is 20.3 Å². The lowest BCUT2D eigenvalue weighted by molar-refractivity contribution is -0.387. The lowest BCUT2D eigenvalue weighted by atomic mass is 10.2. The van der Waals surface area contributed by atoms with Gasteiger partial charge in [-0.15, -0.1) is 0 Å². The lowest BCUT2D eigenvalue weighted by Crippen LogP contribution is -2.29. The van der Waals surface area contributed by atoms with E-state index in [9.17, 15) is 18.5 Å². The van der Waals surface area contributed by atoms with Crippen molar-refractivity contribution in [3.63, 3.8) is 0 Å². The van der Waals surface area contributed by atoms with Gasteiger partial charge in [0.2, 0.25) is 10.0 Å². The van der Waals surface area contributed by atoms with E-state index in [2.05, 4.69) is 10.1 Å². The molecule has 0 radical (unpaired) electrons. The van der Waals surface area contributed by atoms with E-state index in [0.717, 1.165) is 6.07 Å². The van der Waals surface area contributed by atoms with Crippen molar-refractivity contribution < 1.29 is 13.3 Å². The lowest BCUT2D eigenvalue weighted by Gasteiger charge is -2.09. The summed E-state index contributed by atoms with van der Waals surface area (Å²) in [5.41, 5.74) is 1.90. The molecular formula is C11H16N4O4S. The van der Waals surface area contributed by atoms with Crippen molar-refractivity contribution in [2.45, 2.75) is 31.2 Å². The van der Waals surface area contributed by atoms with E-state index in [1.54, 1.807) is 0 Å². The molecule has 1 aromatic carbocycles. The van der Waals surface area contributed by atoms with Crippen molar-refractivity contribution in [1.82, 2.24) is 4.72 Å². The Hall–Kier alpha value is -1.71.